The van der Waals surface area contributed by atoms with Gasteiger partial charge in [0.1, 0.15) is 0 Å². The van der Waals surface area contributed by atoms with Crippen LogP contribution in [0.1, 0.15) is 63.1 Å². The van der Waals surface area contributed by atoms with E-state index in [1.165, 1.54) is 25.7 Å². The maximum Gasteiger partial charge on any atom is 0.226 e. The smallest absolute Gasteiger partial charge is 0.226 e. The number of hydrogen-bond donors (Lipinski definition) is 1. The minimum Gasteiger partial charge on any atom is -0.339 e. The first kappa shape index (κ1) is 12.6. The third-order valence-corrected chi connectivity index (χ3v) is 3.87. The molecule has 4 heteroatoms. The molecule has 17 heavy (non-hydrogen) atoms. The van der Waals surface area contributed by atoms with Gasteiger partial charge in [0.2, 0.25) is 5.89 Å². The molecule has 1 aliphatic rings. The zero-order valence-corrected chi connectivity index (χ0v) is 10.7. The summed E-state index contributed by atoms with van der Waals surface area (Å²) in [5.74, 6) is 3.00. The van der Waals surface area contributed by atoms with Crippen LogP contribution in [0.2, 0.25) is 0 Å². The Morgan fingerprint density at radius 1 is 1.41 bits per heavy atom. The van der Waals surface area contributed by atoms with Crippen LogP contribution in [0.25, 0.3) is 0 Å². The van der Waals surface area contributed by atoms with Crippen LogP contribution in [-0.4, -0.2) is 16.7 Å². The van der Waals surface area contributed by atoms with Gasteiger partial charge in [0.05, 0.1) is 0 Å². The summed E-state index contributed by atoms with van der Waals surface area (Å²) in [6.07, 6.45) is 8.05. The first-order valence-corrected chi connectivity index (χ1v) is 6.86. The van der Waals surface area contributed by atoms with Crippen molar-refractivity contribution in [2.75, 3.05) is 6.54 Å². The summed E-state index contributed by atoms with van der Waals surface area (Å²) < 4.78 is 5.30. The average molecular weight is 237 g/mol. The largest absolute Gasteiger partial charge is 0.339 e. The number of aryl methyl sites for hydroxylation is 1. The van der Waals surface area contributed by atoms with E-state index in [9.17, 15) is 0 Å². The van der Waals surface area contributed by atoms with Crippen molar-refractivity contribution in [2.45, 2.75) is 57.8 Å². The molecule has 1 unspecified atom stereocenters. The Morgan fingerprint density at radius 2 is 2.24 bits per heavy atom. The SMILES string of the molecule is CCC(CCN)CCc1nc(C2CCC2)no1. The highest BCUT2D eigenvalue weighted by Crippen LogP contribution is 2.34. The van der Waals surface area contributed by atoms with Gasteiger partial charge in [-0.15, -0.1) is 0 Å². The van der Waals surface area contributed by atoms with Crippen molar-refractivity contribution in [2.24, 2.45) is 11.7 Å². The normalized spacial score (nSPS) is 18.0. The fourth-order valence-corrected chi connectivity index (χ4v) is 2.32. The molecule has 0 saturated heterocycles. The second-order valence-corrected chi connectivity index (χ2v) is 5.06. The standard InChI is InChI=1S/C13H23N3O/c1-2-10(8-9-14)6-7-12-15-13(16-17-12)11-4-3-5-11/h10-11H,2-9,14H2,1H3. The predicted molar refractivity (Wildman–Crippen MR) is 66.7 cm³/mol. The van der Waals surface area contributed by atoms with Gasteiger partial charge in [-0.05, 0) is 38.1 Å². The van der Waals surface area contributed by atoms with Crippen LogP contribution in [0.4, 0.5) is 0 Å². The van der Waals surface area contributed by atoms with Gasteiger partial charge in [-0.3, -0.25) is 0 Å². The molecular weight excluding hydrogens is 214 g/mol. The predicted octanol–water partition coefficient (Wildman–Crippen LogP) is 2.64. The summed E-state index contributed by atoms with van der Waals surface area (Å²) in [6.45, 7) is 2.99. The van der Waals surface area contributed by atoms with Gasteiger partial charge in [0, 0.05) is 12.3 Å². The van der Waals surface area contributed by atoms with E-state index in [1.807, 2.05) is 0 Å². The minimum absolute atomic E-state index is 0.568. The van der Waals surface area contributed by atoms with Crippen LogP contribution in [0, 0.1) is 5.92 Å². The van der Waals surface area contributed by atoms with Gasteiger partial charge in [0.15, 0.2) is 5.82 Å². The Kier molecular flexibility index (Phi) is 4.54. The quantitative estimate of drug-likeness (QED) is 0.791. The van der Waals surface area contributed by atoms with Crippen molar-refractivity contribution in [3.8, 4) is 0 Å². The van der Waals surface area contributed by atoms with Crippen LogP contribution in [0.5, 0.6) is 0 Å². The molecule has 2 rings (SSSR count). The van der Waals surface area contributed by atoms with Crippen molar-refractivity contribution in [1.29, 1.82) is 0 Å². The monoisotopic (exact) mass is 237 g/mol. The molecule has 0 radical (unpaired) electrons. The minimum atomic E-state index is 0.568. The molecule has 1 aromatic heterocycles. The first-order chi connectivity index (χ1) is 8.33. The van der Waals surface area contributed by atoms with E-state index in [4.69, 9.17) is 10.3 Å². The lowest BCUT2D eigenvalue weighted by atomic mass is 9.85. The van der Waals surface area contributed by atoms with Gasteiger partial charge < -0.3 is 10.3 Å². The second-order valence-electron chi connectivity index (χ2n) is 5.06. The zero-order valence-electron chi connectivity index (χ0n) is 10.7. The Labute approximate surface area is 103 Å². The highest BCUT2D eigenvalue weighted by Gasteiger charge is 2.24. The topological polar surface area (TPSA) is 64.9 Å². The van der Waals surface area contributed by atoms with E-state index in [-0.39, 0.29) is 0 Å². The van der Waals surface area contributed by atoms with Crippen LogP contribution < -0.4 is 5.73 Å². The average Bonchev–Trinajstić information content (AvgIpc) is 2.70. The molecule has 0 aliphatic heterocycles. The zero-order chi connectivity index (χ0) is 12.1. The lowest BCUT2D eigenvalue weighted by Crippen LogP contribution is -2.11. The Morgan fingerprint density at radius 3 is 2.82 bits per heavy atom. The van der Waals surface area contributed by atoms with Crippen molar-refractivity contribution in [3.05, 3.63) is 11.7 Å². The third-order valence-electron chi connectivity index (χ3n) is 3.87. The molecule has 2 N–H and O–H groups in total. The van der Waals surface area contributed by atoms with E-state index in [0.29, 0.717) is 11.8 Å². The Hall–Kier alpha value is -0.900. The van der Waals surface area contributed by atoms with Crippen molar-refractivity contribution in [3.63, 3.8) is 0 Å². The number of rotatable bonds is 7. The van der Waals surface area contributed by atoms with E-state index in [0.717, 1.165) is 37.5 Å². The van der Waals surface area contributed by atoms with Crippen LogP contribution in [0.3, 0.4) is 0 Å². The van der Waals surface area contributed by atoms with E-state index in [2.05, 4.69) is 17.1 Å². The number of aromatic nitrogens is 2. The first-order valence-electron chi connectivity index (χ1n) is 6.86. The molecule has 1 saturated carbocycles. The van der Waals surface area contributed by atoms with Gasteiger partial charge in [-0.25, -0.2) is 0 Å². The lowest BCUT2D eigenvalue weighted by molar-refractivity contribution is 0.336. The molecule has 0 spiro atoms. The number of nitrogens with zero attached hydrogens (tertiary/aromatic N) is 2. The molecule has 1 heterocycles. The van der Waals surface area contributed by atoms with Crippen LogP contribution >= 0.6 is 0 Å². The molecule has 96 valence electrons. The maximum atomic E-state index is 5.59. The molecule has 4 nitrogen and oxygen atoms in total. The molecule has 0 bridgehead atoms. The summed E-state index contributed by atoms with van der Waals surface area (Å²) in [5.41, 5.74) is 5.59. The summed E-state index contributed by atoms with van der Waals surface area (Å²) in [4.78, 5) is 4.49. The lowest BCUT2D eigenvalue weighted by Gasteiger charge is -2.20. The van der Waals surface area contributed by atoms with Crippen molar-refractivity contribution >= 4 is 0 Å². The van der Waals surface area contributed by atoms with E-state index < -0.39 is 0 Å². The fraction of sp³-hybridized carbons (Fsp3) is 0.846. The Bertz CT molecular complexity index is 333. The van der Waals surface area contributed by atoms with Gasteiger partial charge in [-0.1, -0.05) is 24.9 Å². The highest BCUT2D eigenvalue weighted by atomic mass is 16.5. The van der Waals surface area contributed by atoms with Crippen LogP contribution in [-0.2, 0) is 6.42 Å². The summed E-state index contributed by atoms with van der Waals surface area (Å²) >= 11 is 0. The van der Waals surface area contributed by atoms with E-state index in [1.54, 1.807) is 0 Å². The molecule has 0 amide bonds. The van der Waals surface area contributed by atoms with Crippen molar-refractivity contribution < 1.29 is 4.52 Å². The van der Waals surface area contributed by atoms with Gasteiger partial charge in [-0.2, -0.15) is 4.98 Å². The molecule has 1 fully saturated rings. The molecule has 1 aliphatic carbocycles. The van der Waals surface area contributed by atoms with Crippen LogP contribution in [0.15, 0.2) is 4.52 Å². The van der Waals surface area contributed by atoms with Gasteiger partial charge >= 0.3 is 0 Å². The summed E-state index contributed by atoms with van der Waals surface area (Å²) in [7, 11) is 0. The number of nitrogens with two attached hydrogens (primary N) is 1. The van der Waals surface area contributed by atoms with E-state index >= 15 is 0 Å². The van der Waals surface area contributed by atoms with Gasteiger partial charge in [0.25, 0.3) is 0 Å². The van der Waals surface area contributed by atoms with Crippen molar-refractivity contribution in [1.82, 2.24) is 10.1 Å². The summed E-state index contributed by atoms with van der Waals surface area (Å²) in [5, 5.41) is 4.08. The maximum absolute atomic E-state index is 5.59. The molecule has 1 atom stereocenters. The molecular formula is C13H23N3O. The fourth-order valence-electron chi connectivity index (χ4n) is 2.32. The highest BCUT2D eigenvalue weighted by molar-refractivity contribution is 4.99. The Balaban J connectivity index is 1.79. The molecule has 0 aromatic carbocycles. The number of hydrogen-bond acceptors (Lipinski definition) is 4. The third kappa shape index (κ3) is 3.28. The summed E-state index contributed by atoms with van der Waals surface area (Å²) in [6, 6.07) is 0. The molecule has 1 aromatic rings. The second kappa shape index (κ2) is 6.15.